The Bertz CT molecular complexity index is 351. The first kappa shape index (κ1) is 12.6. The molecule has 0 bridgehead atoms. The molecule has 0 spiro atoms. The summed E-state index contributed by atoms with van der Waals surface area (Å²) in [6, 6.07) is 5.80. The fraction of sp³-hybridized carbons (Fsp3) is 0.733. The van der Waals surface area contributed by atoms with Crippen LogP contribution in [0.15, 0.2) is 17.5 Å². The van der Waals surface area contributed by atoms with E-state index in [0.29, 0.717) is 6.04 Å². The van der Waals surface area contributed by atoms with Crippen molar-refractivity contribution in [3.8, 4) is 0 Å². The SMILES string of the molecule is NC1CCC(CN(Cc2cccs2)C2CC2)CC1. The lowest BCUT2D eigenvalue weighted by Crippen LogP contribution is -2.35. The fourth-order valence-corrected chi connectivity index (χ4v) is 3.82. The number of hydrogen-bond acceptors (Lipinski definition) is 3. The third-order valence-electron chi connectivity index (χ3n) is 4.39. The second-order valence-electron chi connectivity index (χ2n) is 6.02. The summed E-state index contributed by atoms with van der Waals surface area (Å²) in [7, 11) is 0. The second-order valence-corrected chi connectivity index (χ2v) is 7.05. The van der Waals surface area contributed by atoms with Crippen LogP contribution in [0, 0.1) is 5.92 Å². The molecule has 0 unspecified atom stereocenters. The van der Waals surface area contributed by atoms with Gasteiger partial charge in [-0.1, -0.05) is 6.07 Å². The van der Waals surface area contributed by atoms with Gasteiger partial charge in [0, 0.05) is 30.1 Å². The molecule has 2 N–H and O–H groups in total. The number of rotatable bonds is 5. The van der Waals surface area contributed by atoms with Crippen molar-refractivity contribution in [2.75, 3.05) is 6.54 Å². The molecule has 2 nitrogen and oxygen atoms in total. The normalized spacial score (nSPS) is 28.8. The first-order chi connectivity index (χ1) is 8.81. The summed E-state index contributed by atoms with van der Waals surface area (Å²) >= 11 is 1.90. The molecule has 3 heteroatoms. The predicted molar refractivity (Wildman–Crippen MR) is 77.7 cm³/mol. The van der Waals surface area contributed by atoms with Gasteiger partial charge in [-0.25, -0.2) is 0 Å². The average molecular weight is 264 g/mol. The van der Waals surface area contributed by atoms with Crippen molar-refractivity contribution in [1.82, 2.24) is 4.90 Å². The smallest absolute Gasteiger partial charge is 0.0330 e. The van der Waals surface area contributed by atoms with E-state index >= 15 is 0 Å². The molecule has 18 heavy (non-hydrogen) atoms. The molecule has 0 radical (unpaired) electrons. The lowest BCUT2D eigenvalue weighted by atomic mass is 9.86. The Balaban J connectivity index is 1.54. The van der Waals surface area contributed by atoms with Crippen LogP contribution in [0.3, 0.4) is 0 Å². The molecule has 1 aromatic heterocycles. The van der Waals surface area contributed by atoms with Gasteiger partial charge in [-0.05, 0) is 55.9 Å². The molecule has 100 valence electrons. The lowest BCUT2D eigenvalue weighted by molar-refractivity contribution is 0.181. The Morgan fingerprint density at radius 1 is 1.17 bits per heavy atom. The quantitative estimate of drug-likeness (QED) is 0.884. The lowest BCUT2D eigenvalue weighted by Gasteiger charge is -2.31. The predicted octanol–water partition coefficient (Wildman–Crippen LogP) is 3.23. The molecule has 2 fully saturated rings. The van der Waals surface area contributed by atoms with E-state index in [9.17, 15) is 0 Å². The molecule has 2 saturated carbocycles. The van der Waals surface area contributed by atoms with Gasteiger partial charge in [0.25, 0.3) is 0 Å². The molecule has 0 aliphatic heterocycles. The maximum atomic E-state index is 6.00. The molecule has 2 aliphatic carbocycles. The summed E-state index contributed by atoms with van der Waals surface area (Å²) in [6.07, 6.45) is 7.99. The van der Waals surface area contributed by atoms with Crippen molar-refractivity contribution < 1.29 is 0 Å². The summed E-state index contributed by atoms with van der Waals surface area (Å²) in [4.78, 5) is 4.25. The summed E-state index contributed by atoms with van der Waals surface area (Å²) in [6.45, 7) is 2.47. The highest BCUT2D eigenvalue weighted by Crippen LogP contribution is 2.32. The minimum absolute atomic E-state index is 0.480. The van der Waals surface area contributed by atoms with Crippen LogP contribution in [0.2, 0.25) is 0 Å². The van der Waals surface area contributed by atoms with E-state index in [0.717, 1.165) is 12.0 Å². The van der Waals surface area contributed by atoms with E-state index in [2.05, 4.69) is 22.4 Å². The molecule has 1 heterocycles. The van der Waals surface area contributed by atoms with Crippen LogP contribution in [-0.2, 0) is 6.54 Å². The Morgan fingerprint density at radius 3 is 2.56 bits per heavy atom. The number of nitrogens with zero attached hydrogens (tertiary/aromatic N) is 1. The van der Waals surface area contributed by atoms with Crippen LogP contribution in [0.5, 0.6) is 0 Å². The molecule has 1 aromatic rings. The van der Waals surface area contributed by atoms with Crippen LogP contribution in [-0.4, -0.2) is 23.5 Å². The molecular formula is C15H24N2S. The third-order valence-corrected chi connectivity index (χ3v) is 5.25. The van der Waals surface area contributed by atoms with E-state index in [4.69, 9.17) is 5.73 Å². The van der Waals surface area contributed by atoms with Gasteiger partial charge in [-0.15, -0.1) is 11.3 Å². The zero-order valence-electron chi connectivity index (χ0n) is 11.1. The van der Waals surface area contributed by atoms with Crippen molar-refractivity contribution in [2.24, 2.45) is 11.7 Å². The van der Waals surface area contributed by atoms with Crippen molar-refractivity contribution in [3.63, 3.8) is 0 Å². The van der Waals surface area contributed by atoms with Gasteiger partial charge in [-0.2, -0.15) is 0 Å². The number of thiophene rings is 1. The first-order valence-corrected chi connectivity index (χ1v) is 8.21. The molecule has 0 amide bonds. The molecule has 3 rings (SSSR count). The maximum absolute atomic E-state index is 6.00. The Kier molecular flexibility index (Phi) is 4.02. The topological polar surface area (TPSA) is 29.3 Å². The van der Waals surface area contributed by atoms with Gasteiger partial charge in [-0.3, -0.25) is 4.90 Å². The monoisotopic (exact) mass is 264 g/mol. The van der Waals surface area contributed by atoms with Gasteiger partial charge in [0.1, 0.15) is 0 Å². The van der Waals surface area contributed by atoms with Crippen LogP contribution in [0.4, 0.5) is 0 Å². The first-order valence-electron chi connectivity index (χ1n) is 7.33. The number of nitrogens with two attached hydrogens (primary N) is 1. The van der Waals surface area contributed by atoms with E-state index in [1.807, 2.05) is 11.3 Å². The highest BCUT2D eigenvalue weighted by molar-refractivity contribution is 7.09. The summed E-state index contributed by atoms with van der Waals surface area (Å²) in [5.74, 6) is 0.894. The standard InChI is InChI=1S/C15H24N2S/c16-13-5-3-12(4-6-13)10-17(14-7-8-14)11-15-2-1-9-18-15/h1-2,9,12-14H,3-8,10-11,16H2. The van der Waals surface area contributed by atoms with Crippen LogP contribution in [0.1, 0.15) is 43.4 Å². The van der Waals surface area contributed by atoms with Crippen molar-refractivity contribution in [3.05, 3.63) is 22.4 Å². The molecular weight excluding hydrogens is 240 g/mol. The van der Waals surface area contributed by atoms with E-state index in [1.165, 1.54) is 56.5 Å². The highest BCUT2D eigenvalue weighted by atomic mass is 32.1. The van der Waals surface area contributed by atoms with Crippen LogP contribution < -0.4 is 5.73 Å². The molecule has 2 aliphatic rings. The summed E-state index contributed by atoms with van der Waals surface area (Å²) in [5, 5.41) is 2.19. The van der Waals surface area contributed by atoms with E-state index in [1.54, 1.807) is 0 Å². The summed E-state index contributed by atoms with van der Waals surface area (Å²) < 4.78 is 0. The van der Waals surface area contributed by atoms with Crippen LogP contribution >= 0.6 is 11.3 Å². The Hall–Kier alpha value is -0.380. The van der Waals surface area contributed by atoms with Gasteiger partial charge in [0.15, 0.2) is 0 Å². The molecule has 0 saturated heterocycles. The van der Waals surface area contributed by atoms with Gasteiger partial charge >= 0.3 is 0 Å². The van der Waals surface area contributed by atoms with Gasteiger partial charge < -0.3 is 5.73 Å². The summed E-state index contributed by atoms with van der Waals surface area (Å²) in [5.41, 5.74) is 6.00. The number of hydrogen-bond donors (Lipinski definition) is 1. The Morgan fingerprint density at radius 2 is 1.94 bits per heavy atom. The molecule has 0 atom stereocenters. The average Bonchev–Trinajstić information content (AvgIpc) is 3.10. The van der Waals surface area contributed by atoms with E-state index < -0.39 is 0 Å². The zero-order valence-corrected chi connectivity index (χ0v) is 11.9. The largest absolute Gasteiger partial charge is 0.328 e. The third kappa shape index (κ3) is 3.34. The maximum Gasteiger partial charge on any atom is 0.0330 e. The van der Waals surface area contributed by atoms with Gasteiger partial charge in [0.05, 0.1) is 0 Å². The minimum atomic E-state index is 0.480. The fourth-order valence-electron chi connectivity index (χ4n) is 3.09. The Labute approximate surface area is 114 Å². The van der Waals surface area contributed by atoms with Gasteiger partial charge in [0.2, 0.25) is 0 Å². The van der Waals surface area contributed by atoms with E-state index in [-0.39, 0.29) is 0 Å². The highest BCUT2D eigenvalue weighted by Gasteiger charge is 2.31. The zero-order chi connectivity index (χ0) is 12.4. The van der Waals surface area contributed by atoms with Crippen LogP contribution in [0.25, 0.3) is 0 Å². The van der Waals surface area contributed by atoms with Crippen molar-refractivity contribution in [2.45, 2.75) is 57.2 Å². The second kappa shape index (κ2) is 5.72. The molecule has 0 aromatic carbocycles. The minimum Gasteiger partial charge on any atom is -0.328 e. The van der Waals surface area contributed by atoms with Crippen molar-refractivity contribution in [1.29, 1.82) is 0 Å². The van der Waals surface area contributed by atoms with Crippen molar-refractivity contribution >= 4 is 11.3 Å².